The highest BCUT2D eigenvalue weighted by Gasteiger charge is 2.12. The lowest BCUT2D eigenvalue weighted by Crippen LogP contribution is -2.30. The van der Waals surface area contributed by atoms with Crippen molar-refractivity contribution in [3.05, 3.63) is 29.3 Å². The Labute approximate surface area is 75.0 Å². The molecular formula is C8H9BF2O2. The normalized spacial score (nSPS) is 10.2. The van der Waals surface area contributed by atoms with E-state index >= 15 is 0 Å². The third kappa shape index (κ3) is 2.50. The highest BCUT2D eigenvalue weighted by Crippen LogP contribution is 2.06. The second-order valence-electron chi connectivity index (χ2n) is 2.72. The zero-order valence-electron chi connectivity index (χ0n) is 6.87. The minimum Gasteiger partial charge on any atom is -0.423 e. The molecule has 0 aromatic heterocycles. The number of benzene rings is 1. The molecule has 0 aliphatic heterocycles. The fourth-order valence-corrected chi connectivity index (χ4v) is 1.09. The highest BCUT2D eigenvalue weighted by molar-refractivity contribution is 6.58. The predicted molar refractivity (Wildman–Crippen MR) is 45.9 cm³/mol. The average Bonchev–Trinajstić information content (AvgIpc) is 2.16. The molecule has 0 saturated heterocycles. The Balaban J connectivity index is 3.07. The van der Waals surface area contributed by atoms with Crippen LogP contribution in [0.15, 0.2) is 18.2 Å². The molecule has 1 aromatic carbocycles. The molecule has 0 amide bonds. The standard InChI is InChI=1S/C8H9BF2O2/c10-4-6-1-7(5-11)3-8(2-6)9(12)13/h1-3,12-13H,4-5H2. The van der Waals surface area contributed by atoms with Crippen LogP contribution in [0.4, 0.5) is 8.78 Å². The van der Waals surface area contributed by atoms with E-state index in [0.717, 1.165) is 0 Å². The van der Waals surface area contributed by atoms with Gasteiger partial charge in [-0.05, 0) is 16.6 Å². The number of rotatable bonds is 3. The quantitative estimate of drug-likeness (QED) is 0.666. The van der Waals surface area contributed by atoms with E-state index in [1.165, 1.54) is 18.2 Å². The first-order valence-corrected chi connectivity index (χ1v) is 3.78. The summed E-state index contributed by atoms with van der Waals surface area (Å²) >= 11 is 0. The maximum atomic E-state index is 12.2. The summed E-state index contributed by atoms with van der Waals surface area (Å²) in [5.41, 5.74) is 0.610. The molecule has 0 radical (unpaired) electrons. The Kier molecular flexibility index (Phi) is 3.39. The largest absolute Gasteiger partial charge is 0.488 e. The van der Waals surface area contributed by atoms with Crippen molar-refractivity contribution in [3.63, 3.8) is 0 Å². The molecule has 13 heavy (non-hydrogen) atoms. The van der Waals surface area contributed by atoms with Gasteiger partial charge < -0.3 is 10.0 Å². The third-order valence-corrected chi connectivity index (χ3v) is 1.68. The first-order valence-electron chi connectivity index (χ1n) is 3.78. The van der Waals surface area contributed by atoms with Crippen LogP contribution in [0.3, 0.4) is 0 Å². The van der Waals surface area contributed by atoms with Gasteiger partial charge in [0, 0.05) is 0 Å². The summed E-state index contributed by atoms with van der Waals surface area (Å²) in [6, 6.07) is 3.94. The van der Waals surface area contributed by atoms with Crippen LogP contribution >= 0.6 is 0 Å². The highest BCUT2D eigenvalue weighted by atomic mass is 19.1. The first kappa shape index (κ1) is 10.1. The molecule has 0 spiro atoms. The summed E-state index contributed by atoms with van der Waals surface area (Å²) in [5.74, 6) is 0. The summed E-state index contributed by atoms with van der Waals surface area (Å²) in [4.78, 5) is 0. The fraction of sp³-hybridized carbons (Fsp3) is 0.250. The Bertz CT molecular complexity index is 269. The molecule has 0 fully saturated rings. The van der Waals surface area contributed by atoms with Gasteiger partial charge in [-0.25, -0.2) is 8.78 Å². The predicted octanol–water partition coefficient (Wildman–Crippen LogP) is 0.305. The molecule has 1 aromatic rings. The lowest BCUT2D eigenvalue weighted by Gasteiger charge is -2.04. The Hall–Kier alpha value is -0.935. The van der Waals surface area contributed by atoms with E-state index in [0.29, 0.717) is 0 Å². The van der Waals surface area contributed by atoms with Gasteiger partial charge in [0.05, 0.1) is 0 Å². The van der Waals surface area contributed by atoms with Crippen molar-refractivity contribution in [2.24, 2.45) is 0 Å². The van der Waals surface area contributed by atoms with Gasteiger partial charge in [0.2, 0.25) is 0 Å². The van der Waals surface area contributed by atoms with Crippen LogP contribution in [0.2, 0.25) is 0 Å². The van der Waals surface area contributed by atoms with Crippen LogP contribution in [0.25, 0.3) is 0 Å². The summed E-state index contributed by atoms with van der Waals surface area (Å²) in [6.07, 6.45) is 0. The topological polar surface area (TPSA) is 40.5 Å². The van der Waals surface area contributed by atoms with Crippen molar-refractivity contribution in [2.45, 2.75) is 13.3 Å². The molecule has 70 valence electrons. The van der Waals surface area contributed by atoms with E-state index in [-0.39, 0.29) is 16.6 Å². The molecule has 0 saturated carbocycles. The number of hydrogen-bond donors (Lipinski definition) is 2. The second kappa shape index (κ2) is 4.34. The van der Waals surface area contributed by atoms with Crippen LogP contribution < -0.4 is 5.46 Å². The van der Waals surface area contributed by atoms with Crippen LogP contribution in [-0.2, 0) is 13.3 Å². The van der Waals surface area contributed by atoms with Crippen molar-refractivity contribution < 1.29 is 18.8 Å². The first-order chi connectivity index (χ1) is 6.17. The fourth-order valence-electron chi connectivity index (χ4n) is 1.09. The van der Waals surface area contributed by atoms with Gasteiger partial charge in [-0.3, -0.25) is 0 Å². The van der Waals surface area contributed by atoms with Crippen LogP contribution in [0, 0.1) is 0 Å². The van der Waals surface area contributed by atoms with E-state index in [4.69, 9.17) is 10.0 Å². The number of halogens is 2. The molecule has 0 heterocycles. The molecule has 1 rings (SSSR count). The SMILES string of the molecule is OB(O)c1cc(CF)cc(CF)c1. The lowest BCUT2D eigenvalue weighted by atomic mass is 9.79. The van der Waals surface area contributed by atoms with Gasteiger partial charge in [0.1, 0.15) is 13.3 Å². The van der Waals surface area contributed by atoms with E-state index in [2.05, 4.69) is 0 Å². The van der Waals surface area contributed by atoms with Crippen molar-refractivity contribution in [3.8, 4) is 0 Å². The van der Waals surface area contributed by atoms with E-state index < -0.39 is 20.5 Å². The molecular weight excluding hydrogens is 177 g/mol. The number of alkyl halides is 2. The molecule has 2 N–H and O–H groups in total. The van der Waals surface area contributed by atoms with E-state index in [1.807, 2.05) is 0 Å². The lowest BCUT2D eigenvalue weighted by molar-refractivity contribution is 0.425. The maximum Gasteiger partial charge on any atom is 0.488 e. The van der Waals surface area contributed by atoms with Gasteiger partial charge in [-0.1, -0.05) is 18.2 Å². The molecule has 5 heteroatoms. The zero-order valence-corrected chi connectivity index (χ0v) is 6.87. The van der Waals surface area contributed by atoms with E-state index in [1.54, 1.807) is 0 Å². The van der Waals surface area contributed by atoms with Crippen molar-refractivity contribution >= 4 is 12.6 Å². The van der Waals surface area contributed by atoms with Gasteiger partial charge in [0.25, 0.3) is 0 Å². The minimum atomic E-state index is -1.68. The Morgan fingerprint density at radius 2 is 1.46 bits per heavy atom. The van der Waals surface area contributed by atoms with Crippen molar-refractivity contribution in [1.82, 2.24) is 0 Å². The van der Waals surface area contributed by atoms with Gasteiger partial charge >= 0.3 is 7.12 Å². The van der Waals surface area contributed by atoms with Crippen molar-refractivity contribution in [1.29, 1.82) is 0 Å². The monoisotopic (exact) mass is 186 g/mol. The van der Waals surface area contributed by atoms with Crippen LogP contribution in [0.1, 0.15) is 11.1 Å². The van der Waals surface area contributed by atoms with Gasteiger partial charge in [-0.15, -0.1) is 0 Å². The van der Waals surface area contributed by atoms with Gasteiger partial charge in [0.15, 0.2) is 0 Å². The summed E-state index contributed by atoms with van der Waals surface area (Å²) in [5, 5.41) is 17.5. The minimum absolute atomic E-state index is 0.114. The van der Waals surface area contributed by atoms with E-state index in [9.17, 15) is 8.78 Å². The number of hydrogen-bond acceptors (Lipinski definition) is 2. The smallest absolute Gasteiger partial charge is 0.423 e. The molecule has 0 aliphatic carbocycles. The van der Waals surface area contributed by atoms with Crippen molar-refractivity contribution in [2.75, 3.05) is 0 Å². The third-order valence-electron chi connectivity index (χ3n) is 1.68. The Morgan fingerprint density at radius 3 is 1.77 bits per heavy atom. The maximum absolute atomic E-state index is 12.2. The average molecular weight is 186 g/mol. The van der Waals surface area contributed by atoms with Gasteiger partial charge in [-0.2, -0.15) is 0 Å². The zero-order chi connectivity index (χ0) is 9.84. The molecule has 0 aliphatic rings. The molecule has 0 atom stereocenters. The summed E-state index contributed by atoms with van der Waals surface area (Å²) in [6.45, 7) is -1.48. The molecule has 2 nitrogen and oxygen atoms in total. The second-order valence-corrected chi connectivity index (χ2v) is 2.72. The molecule has 0 unspecified atom stereocenters. The molecule has 0 bridgehead atoms. The Morgan fingerprint density at radius 1 is 1.00 bits per heavy atom. The van der Waals surface area contributed by atoms with Crippen LogP contribution in [-0.4, -0.2) is 17.2 Å². The summed E-state index contributed by atoms with van der Waals surface area (Å²) < 4.78 is 24.4. The summed E-state index contributed by atoms with van der Waals surface area (Å²) in [7, 11) is -1.68. The van der Waals surface area contributed by atoms with Crippen LogP contribution in [0.5, 0.6) is 0 Å².